The summed E-state index contributed by atoms with van der Waals surface area (Å²) in [6.45, 7) is 7.28. The number of aliphatic carboxylic acids is 2. The van der Waals surface area contributed by atoms with Gasteiger partial charge in [-0.15, -0.1) is 0 Å². The number of carboxylic acids is 2. The Kier molecular flexibility index (Phi) is 15.5. The molecule has 11 nitrogen and oxygen atoms in total. The summed E-state index contributed by atoms with van der Waals surface area (Å²) in [4.78, 5) is 46.2. The van der Waals surface area contributed by atoms with Crippen LogP contribution in [0.25, 0.3) is 23.3 Å². The molecule has 2 atom stereocenters. The average molecular weight is 693 g/mol. The third-order valence-electron chi connectivity index (χ3n) is 6.61. The van der Waals surface area contributed by atoms with Gasteiger partial charge in [0.25, 0.3) is 0 Å². The van der Waals surface area contributed by atoms with Crippen molar-refractivity contribution in [3.8, 4) is 0 Å². The maximum atomic E-state index is 12.0. The summed E-state index contributed by atoms with van der Waals surface area (Å²) in [6.07, 6.45) is 9.58. The first-order chi connectivity index (χ1) is 21.4. The molecule has 0 aromatic heterocycles. The van der Waals surface area contributed by atoms with Gasteiger partial charge in [-0.1, -0.05) is 88.4 Å². The number of fused-ring (bicyclic) bond motifs is 2. The standard InChI is InChI=1S/2C16H17NO3.3O.2V/c2*1-10(2)15(16(19)20)17-9-13-12-6-4-3-5-11(12)7-8-14(13)18;;;;;/h2*3-10,15,17H,1-2H3,(H,19,20);;;;;/b2*13-9-;;;;;/t2*15-;;;;;/m00...../s1. The summed E-state index contributed by atoms with van der Waals surface area (Å²) >= 11 is -2.61. The van der Waals surface area contributed by atoms with Gasteiger partial charge in [-0.2, -0.15) is 0 Å². The van der Waals surface area contributed by atoms with E-state index in [4.69, 9.17) is 10.2 Å². The number of carboxylic acid groups (broad SMARTS) is 2. The van der Waals surface area contributed by atoms with Gasteiger partial charge in [-0.05, 0) is 46.2 Å². The zero-order valence-corrected chi connectivity index (χ0v) is 27.8. The number of allylic oxidation sites excluding steroid dienone is 4. The van der Waals surface area contributed by atoms with Gasteiger partial charge in [0, 0.05) is 23.5 Å². The Balaban J connectivity index is 0.000000273. The normalized spacial score (nSPS) is 16.0. The first kappa shape index (κ1) is 37.2. The minimum absolute atomic E-state index is 0.0752. The molecule has 2 aliphatic rings. The zero-order chi connectivity index (χ0) is 33.5. The van der Waals surface area contributed by atoms with Crippen LogP contribution in [-0.4, -0.2) is 45.8 Å². The number of carbonyl (C=O) groups excluding carboxylic acids is 2. The second-order valence-corrected chi connectivity index (χ2v) is 12.1. The van der Waals surface area contributed by atoms with Gasteiger partial charge >= 0.3 is 55.0 Å². The number of nitrogens with one attached hydrogen (secondary N) is 2. The van der Waals surface area contributed by atoms with Crippen molar-refractivity contribution in [3.05, 3.63) is 95.3 Å². The van der Waals surface area contributed by atoms with Crippen LogP contribution in [0.15, 0.2) is 73.1 Å². The first-order valence-electron chi connectivity index (χ1n) is 13.8. The van der Waals surface area contributed by atoms with Gasteiger partial charge in [0.1, 0.15) is 12.1 Å². The van der Waals surface area contributed by atoms with Crippen molar-refractivity contribution < 1.29 is 72.5 Å². The van der Waals surface area contributed by atoms with Crippen LogP contribution in [0.4, 0.5) is 0 Å². The van der Waals surface area contributed by atoms with Crippen LogP contribution < -0.4 is 10.6 Å². The Morgan fingerprint density at radius 1 is 0.667 bits per heavy atom. The minimum atomic E-state index is -1.30. The van der Waals surface area contributed by atoms with E-state index in [2.05, 4.69) is 13.2 Å². The predicted octanol–water partition coefficient (Wildman–Crippen LogP) is 4.33. The maximum absolute atomic E-state index is 12.0. The van der Waals surface area contributed by atoms with Crippen molar-refractivity contribution in [1.82, 2.24) is 10.6 Å². The van der Waals surface area contributed by atoms with E-state index in [0.29, 0.717) is 11.1 Å². The molecule has 4 N–H and O–H groups in total. The van der Waals surface area contributed by atoms with E-state index in [1.54, 1.807) is 12.2 Å². The Labute approximate surface area is 275 Å². The molecular weight excluding hydrogens is 658 g/mol. The summed E-state index contributed by atoms with van der Waals surface area (Å²) in [5, 5.41) is 24.0. The Bertz CT molecular complexity index is 1430. The third-order valence-corrected chi connectivity index (χ3v) is 7.67. The average Bonchev–Trinajstić information content (AvgIpc) is 2.99. The molecule has 0 amide bonds. The fourth-order valence-corrected chi connectivity index (χ4v) is 4.52. The monoisotopic (exact) mass is 692 g/mol. The molecule has 0 saturated heterocycles. The van der Waals surface area contributed by atoms with Crippen LogP contribution in [0.5, 0.6) is 0 Å². The van der Waals surface area contributed by atoms with Crippen molar-refractivity contribution in [1.29, 1.82) is 0 Å². The third kappa shape index (κ3) is 11.1. The van der Waals surface area contributed by atoms with Crippen molar-refractivity contribution >= 4 is 46.8 Å². The summed E-state index contributed by atoms with van der Waals surface area (Å²) in [6, 6.07) is 13.6. The summed E-state index contributed by atoms with van der Waals surface area (Å²) in [5.74, 6) is -2.25. The molecule has 0 saturated carbocycles. The Morgan fingerprint density at radius 2 is 1.02 bits per heavy atom. The fourth-order valence-electron chi connectivity index (χ4n) is 4.31. The topological polar surface area (TPSA) is 176 Å². The van der Waals surface area contributed by atoms with Gasteiger partial charge < -0.3 is 20.8 Å². The molecule has 0 spiro atoms. The van der Waals surface area contributed by atoms with Crippen molar-refractivity contribution in [2.45, 2.75) is 39.8 Å². The van der Waals surface area contributed by atoms with Gasteiger partial charge in [0.05, 0.1) is 0 Å². The molecule has 0 aliphatic heterocycles. The van der Waals surface area contributed by atoms with Crippen molar-refractivity contribution in [2.75, 3.05) is 0 Å². The number of carbonyl (C=O) groups is 4. The van der Waals surface area contributed by atoms with Gasteiger partial charge in [-0.25, -0.2) is 9.59 Å². The molecule has 236 valence electrons. The second kappa shape index (κ2) is 18.7. The molecular formula is C32H34N2O9V2. The Hall–Kier alpha value is -3.99. The van der Waals surface area contributed by atoms with Gasteiger partial charge in [0.15, 0.2) is 11.6 Å². The van der Waals surface area contributed by atoms with E-state index >= 15 is 0 Å². The molecule has 13 heteroatoms. The zero-order valence-electron chi connectivity index (χ0n) is 25.0. The molecule has 2 aliphatic carbocycles. The number of hydrogen-bond acceptors (Lipinski definition) is 9. The SMILES string of the molecule is CC(C)[C@H](N/C=C1\C(=O)C=Cc2ccccc21)C(=O)O.CC(C)[C@H](N/C=C1\C(=O)C=Cc2ccccc21)C(=O)O.[O]=[V][O][V]=[O]. The predicted molar refractivity (Wildman–Crippen MR) is 158 cm³/mol. The van der Waals surface area contributed by atoms with E-state index in [1.165, 1.54) is 24.6 Å². The van der Waals surface area contributed by atoms with E-state index < -0.39 is 57.2 Å². The fraction of sp³-hybridized carbons (Fsp3) is 0.250. The van der Waals surface area contributed by atoms with E-state index in [9.17, 15) is 26.5 Å². The molecule has 0 unspecified atom stereocenters. The molecule has 45 heavy (non-hydrogen) atoms. The van der Waals surface area contributed by atoms with Crippen LogP contribution in [0.3, 0.4) is 0 Å². The van der Waals surface area contributed by atoms with Crippen LogP contribution in [0.1, 0.15) is 49.9 Å². The van der Waals surface area contributed by atoms with E-state index in [1.807, 2.05) is 76.2 Å². The summed E-state index contributed by atoms with van der Waals surface area (Å²) in [5.41, 5.74) is 4.54. The van der Waals surface area contributed by atoms with Crippen molar-refractivity contribution in [2.24, 2.45) is 11.8 Å². The molecule has 2 aromatic carbocycles. The van der Waals surface area contributed by atoms with Crippen LogP contribution in [0.2, 0.25) is 0 Å². The second-order valence-electron chi connectivity index (χ2n) is 10.4. The van der Waals surface area contributed by atoms with Crippen LogP contribution in [0, 0.1) is 11.8 Å². The number of ketones is 2. The van der Waals surface area contributed by atoms with E-state index in [-0.39, 0.29) is 23.4 Å². The summed E-state index contributed by atoms with van der Waals surface area (Å²) in [7, 11) is 0. The van der Waals surface area contributed by atoms with Crippen LogP contribution >= 0.6 is 0 Å². The molecule has 0 heterocycles. The first-order valence-corrected chi connectivity index (χ1v) is 16.0. The quantitative estimate of drug-likeness (QED) is 0.261. The molecule has 2 aromatic rings. The number of rotatable bonds is 10. The molecule has 0 radical (unpaired) electrons. The van der Waals surface area contributed by atoms with Crippen LogP contribution in [-0.2, 0) is 62.3 Å². The van der Waals surface area contributed by atoms with Crippen molar-refractivity contribution in [3.63, 3.8) is 0 Å². The molecule has 4 rings (SSSR count). The molecule has 0 fully saturated rings. The van der Waals surface area contributed by atoms with Gasteiger partial charge in [-0.3, -0.25) is 9.59 Å². The number of benzene rings is 2. The Morgan fingerprint density at radius 3 is 1.31 bits per heavy atom. The summed E-state index contributed by atoms with van der Waals surface area (Å²) < 4.78 is 22.4. The van der Waals surface area contributed by atoms with Gasteiger partial charge in [0.2, 0.25) is 0 Å². The number of hydrogen-bond donors (Lipinski definition) is 4. The molecule has 0 bridgehead atoms. The van der Waals surface area contributed by atoms with E-state index in [0.717, 1.165) is 22.3 Å².